The summed E-state index contributed by atoms with van der Waals surface area (Å²) in [7, 11) is 0. The van der Waals surface area contributed by atoms with Gasteiger partial charge in [0.05, 0.1) is 0 Å². The van der Waals surface area contributed by atoms with Gasteiger partial charge in [-0.05, 0) is 92.5 Å². The van der Waals surface area contributed by atoms with Gasteiger partial charge in [0.2, 0.25) is 0 Å². The molecule has 9 rings (SSSR count). The minimum Gasteiger partial charge on any atom is -0.508 e. The molecule has 4 N–H and O–H groups in total. The Bertz CT molecular complexity index is 2380. The molecular formula is C47H48O5. The van der Waals surface area contributed by atoms with E-state index in [1.807, 2.05) is 56.3 Å². The van der Waals surface area contributed by atoms with Crippen LogP contribution in [0.15, 0.2) is 127 Å². The van der Waals surface area contributed by atoms with E-state index in [-0.39, 0.29) is 23.2 Å². The summed E-state index contributed by atoms with van der Waals surface area (Å²) < 4.78 is 6.12. The van der Waals surface area contributed by atoms with Crippen LogP contribution in [-0.2, 0) is 0 Å². The molecule has 8 aromatic carbocycles. The van der Waals surface area contributed by atoms with E-state index in [9.17, 15) is 20.4 Å². The van der Waals surface area contributed by atoms with Crippen molar-refractivity contribution in [2.75, 3.05) is 0 Å². The molecule has 1 heterocycles. The summed E-state index contributed by atoms with van der Waals surface area (Å²) in [6.07, 6.45) is 2.50. The SMILES string of the molecule is CC.CCC.CCC.Oc1ccc(C2c3cc(O)ccc3Oc3ccc4cc(O)ccc4c32)cc1.Oc1ccc2ccc3cccc4ccc1c2c34. The minimum atomic E-state index is -0.176. The molecule has 0 aromatic heterocycles. The van der Waals surface area contributed by atoms with Crippen LogP contribution >= 0.6 is 0 Å². The summed E-state index contributed by atoms with van der Waals surface area (Å²) in [5.41, 5.74) is 2.80. The van der Waals surface area contributed by atoms with Crippen LogP contribution in [-0.4, -0.2) is 20.4 Å². The number of aromatic hydroxyl groups is 4. The highest BCUT2D eigenvalue weighted by atomic mass is 16.5. The lowest BCUT2D eigenvalue weighted by atomic mass is 9.80. The number of benzene rings is 8. The van der Waals surface area contributed by atoms with Gasteiger partial charge in [0.25, 0.3) is 0 Å². The predicted octanol–water partition coefficient (Wildman–Crippen LogP) is 13.4. The zero-order valence-electron chi connectivity index (χ0n) is 30.8. The van der Waals surface area contributed by atoms with Gasteiger partial charge in [-0.15, -0.1) is 0 Å². The van der Waals surface area contributed by atoms with Crippen LogP contribution < -0.4 is 4.74 Å². The highest BCUT2D eigenvalue weighted by Crippen LogP contribution is 2.51. The molecule has 0 radical (unpaired) electrons. The van der Waals surface area contributed by atoms with E-state index in [0.717, 1.165) is 38.6 Å². The summed E-state index contributed by atoms with van der Waals surface area (Å²) in [5.74, 6) is 2.19. The molecular weight excluding hydrogens is 645 g/mol. The first-order valence-electron chi connectivity index (χ1n) is 18.2. The maximum Gasteiger partial charge on any atom is 0.132 e. The molecule has 0 fully saturated rings. The third kappa shape index (κ3) is 7.54. The fourth-order valence-corrected chi connectivity index (χ4v) is 6.57. The smallest absolute Gasteiger partial charge is 0.132 e. The molecule has 1 aliphatic rings. The molecule has 52 heavy (non-hydrogen) atoms. The monoisotopic (exact) mass is 692 g/mol. The zero-order valence-corrected chi connectivity index (χ0v) is 30.8. The van der Waals surface area contributed by atoms with E-state index in [1.54, 1.807) is 48.5 Å². The molecule has 0 spiro atoms. The van der Waals surface area contributed by atoms with Crippen molar-refractivity contribution < 1.29 is 25.2 Å². The predicted molar refractivity (Wildman–Crippen MR) is 218 cm³/mol. The number of hydrogen-bond acceptors (Lipinski definition) is 5. The molecule has 1 aliphatic heterocycles. The van der Waals surface area contributed by atoms with Gasteiger partial charge < -0.3 is 25.2 Å². The van der Waals surface area contributed by atoms with Crippen molar-refractivity contribution >= 4 is 43.1 Å². The van der Waals surface area contributed by atoms with Crippen LogP contribution in [0.2, 0.25) is 0 Å². The highest BCUT2D eigenvalue weighted by Gasteiger charge is 2.31. The van der Waals surface area contributed by atoms with Crippen molar-refractivity contribution in [3.8, 4) is 34.5 Å². The van der Waals surface area contributed by atoms with E-state index in [1.165, 1.54) is 39.8 Å². The van der Waals surface area contributed by atoms with Crippen LogP contribution in [0.1, 0.15) is 77.0 Å². The second-order valence-corrected chi connectivity index (χ2v) is 12.6. The van der Waals surface area contributed by atoms with E-state index < -0.39 is 0 Å². The summed E-state index contributed by atoms with van der Waals surface area (Å²) in [6.45, 7) is 12.5. The quantitative estimate of drug-likeness (QED) is 0.129. The number of fused-ring (bicyclic) bond motifs is 4. The van der Waals surface area contributed by atoms with Crippen LogP contribution in [0.5, 0.6) is 34.5 Å². The topological polar surface area (TPSA) is 90.2 Å². The Hall–Kier alpha value is -5.94. The third-order valence-corrected chi connectivity index (χ3v) is 8.55. The first-order valence-corrected chi connectivity index (χ1v) is 18.2. The lowest BCUT2D eigenvalue weighted by Crippen LogP contribution is -2.12. The Morgan fingerprint density at radius 2 is 0.981 bits per heavy atom. The fraction of sp³-hybridized carbons (Fsp3) is 0.191. The van der Waals surface area contributed by atoms with Crippen LogP contribution in [0.25, 0.3) is 43.1 Å². The zero-order chi connectivity index (χ0) is 37.4. The number of hydrogen-bond donors (Lipinski definition) is 4. The van der Waals surface area contributed by atoms with Gasteiger partial charge >= 0.3 is 0 Å². The van der Waals surface area contributed by atoms with E-state index in [4.69, 9.17) is 4.74 Å². The fourth-order valence-electron chi connectivity index (χ4n) is 6.57. The molecule has 0 bridgehead atoms. The van der Waals surface area contributed by atoms with E-state index in [0.29, 0.717) is 11.5 Å². The molecule has 0 saturated carbocycles. The van der Waals surface area contributed by atoms with Crippen molar-refractivity contribution in [3.05, 3.63) is 144 Å². The Morgan fingerprint density at radius 3 is 1.65 bits per heavy atom. The van der Waals surface area contributed by atoms with Gasteiger partial charge in [-0.2, -0.15) is 0 Å². The largest absolute Gasteiger partial charge is 0.508 e. The molecule has 1 unspecified atom stereocenters. The molecule has 5 heteroatoms. The molecule has 0 saturated heterocycles. The molecule has 5 nitrogen and oxygen atoms in total. The van der Waals surface area contributed by atoms with Crippen LogP contribution in [0.3, 0.4) is 0 Å². The van der Waals surface area contributed by atoms with Gasteiger partial charge in [0, 0.05) is 27.8 Å². The number of ether oxygens (including phenoxy) is 1. The van der Waals surface area contributed by atoms with Crippen LogP contribution in [0.4, 0.5) is 0 Å². The molecule has 0 aliphatic carbocycles. The average molecular weight is 693 g/mol. The van der Waals surface area contributed by atoms with Gasteiger partial charge in [0.1, 0.15) is 34.5 Å². The van der Waals surface area contributed by atoms with Crippen molar-refractivity contribution in [1.29, 1.82) is 0 Å². The number of rotatable bonds is 1. The second-order valence-electron chi connectivity index (χ2n) is 12.6. The Balaban J connectivity index is 0.000000179. The maximum atomic E-state index is 10.1. The minimum absolute atomic E-state index is 0.169. The van der Waals surface area contributed by atoms with Gasteiger partial charge in [-0.1, -0.05) is 127 Å². The summed E-state index contributed by atoms with van der Waals surface area (Å²) in [6, 6.07) is 39.6. The van der Waals surface area contributed by atoms with Crippen molar-refractivity contribution in [2.24, 2.45) is 0 Å². The summed E-state index contributed by atoms with van der Waals surface area (Å²) in [4.78, 5) is 0. The molecule has 0 amide bonds. The Kier molecular flexibility index (Phi) is 12.1. The van der Waals surface area contributed by atoms with E-state index in [2.05, 4.69) is 64.1 Å². The molecule has 1 atom stereocenters. The summed E-state index contributed by atoms with van der Waals surface area (Å²) >= 11 is 0. The second kappa shape index (κ2) is 16.8. The van der Waals surface area contributed by atoms with E-state index >= 15 is 0 Å². The van der Waals surface area contributed by atoms with Crippen LogP contribution in [0, 0.1) is 0 Å². The maximum absolute atomic E-state index is 10.1. The van der Waals surface area contributed by atoms with Gasteiger partial charge in [-0.3, -0.25) is 0 Å². The lowest BCUT2D eigenvalue weighted by Gasteiger charge is -2.30. The number of phenolic OH excluding ortho intramolecular Hbond substituents is 4. The summed E-state index contributed by atoms with van der Waals surface area (Å²) in [5, 5.41) is 48.4. The average Bonchev–Trinajstić information content (AvgIpc) is 3.16. The first kappa shape index (κ1) is 37.3. The first-order chi connectivity index (χ1) is 25.3. The molecule has 266 valence electrons. The van der Waals surface area contributed by atoms with Gasteiger partial charge in [-0.25, -0.2) is 0 Å². The Labute approximate surface area is 306 Å². The van der Waals surface area contributed by atoms with Crippen molar-refractivity contribution in [1.82, 2.24) is 0 Å². The van der Waals surface area contributed by atoms with Crippen molar-refractivity contribution in [2.45, 2.75) is 60.3 Å². The highest BCUT2D eigenvalue weighted by molar-refractivity contribution is 6.24. The standard InChI is InChI=1S/C23H16O4.C16H10O.2C3H8.C2H6/c24-15-4-1-13(2-5-15)22-19-12-17(26)7-10-20(19)27-21-9-3-14-11-16(25)6-8-18(14)23(21)22;17-14-9-7-12-5-4-10-2-1-3-11-6-8-13(14)16(12)15(10)11;2*1-3-2;1-2/h1-12,22,24-26H;1-9,17H;2*3H2,1-2H3;1-2H3. The Morgan fingerprint density at radius 1 is 0.481 bits per heavy atom. The molecule has 8 aromatic rings. The number of phenols is 4. The third-order valence-electron chi connectivity index (χ3n) is 8.55. The normalized spacial score (nSPS) is 12.5. The van der Waals surface area contributed by atoms with Crippen molar-refractivity contribution in [3.63, 3.8) is 0 Å². The van der Waals surface area contributed by atoms with Gasteiger partial charge in [0.15, 0.2) is 0 Å². The lowest BCUT2D eigenvalue weighted by molar-refractivity contribution is 0.444.